The fraction of sp³-hybridized carbons (Fsp3) is 0.333. The van der Waals surface area contributed by atoms with Crippen LogP contribution in [0.3, 0.4) is 0 Å². The van der Waals surface area contributed by atoms with E-state index in [1.165, 1.54) is 18.0 Å². The van der Waals surface area contributed by atoms with Crippen LogP contribution in [0.15, 0.2) is 35.4 Å². The van der Waals surface area contributed by atoms with Gasteiger partial charge in [-0.2, -0.15) is 0 Å². The summed E-state index contributed by atoms with van der Waals surface area (Å²) in [6.07, 6.45) is 5.43. The smallest absolute Gasteiger partial charge is 0.263 e. The minimum Gasteiger partial charge on any atom is -0.493 e. The zero-order valence-electron chi connectivity index (χ0n) is 16.4. The topological polar surface area (TPSA) is 95.3 Å². The number of rotatable bonds is 5. The number of nitrogens with one attached hydrogen (secondary N) is 1. The first-order valence-electron chi connectivity index (χ1n) is 9.49. The molecule has 0 aliphatic heterocycles. The molecule has 0 fully saturated rings. The fourth-order valence-electron chi connectivity index (χ4n) is 3.59. The number of fused-ring (bicyclic) bond motifs is 2. The Balaban J connectivity index is 1.56. The van der Waals surface area contributed by atoms with E-state index in [0.717, 1.165) is 36.9 Å². The number of nitrogens with zero attached hydrogens (tertiary/aromatic N) is 3. The van der Waals surface area contributed by atoms with Gasteiger partial charge in [-0.3, -0.25) is 14.2 Å². The Hall–Kier alpha value is -3.42. The van der Waals surface area contributed by atoms with E-state index in [-0.39, 0.29) is 18.0 Å². The molecule has 8 heteroatoms. The second-order valence-electron chi connectivity index (χ2n) is 6.97. The molecule has 2 aromatic heterocycles. The number of methoxy groups -OCH3 is 2. The number of hydrogen-bond acceptors (Lipinski definition) is 6. The molecule has 150 valence electrons. The number of aromatic nitrogens is 3. The second-order valence-corrected chi connectivity index (χ2v) is 6.97. The molecule has 0 unspecified atom stereocenters. The van der Waals surface area contributed by atoms with Crippen LogP contribution in [0.5, 0.6) is 11.5 Å². The summed E-state index contributed by atoms with van der Waals surface area (Å²) < 4.78 is 11.7. The van der Waals surface area contributed by atoms with Crippen LogP contribution in [0, 0.1) is 0 Å². The fourth-order valence-corrected chi connectivity index (χ4v) is 3.59. The first-order valence-corrected chi connectivity index (χ1v) is 9.49. The average Bonchev–Trinajstić information content (AvgIpc) is 2.74. The highest BCUT2D eigenvalue weighted by molar-refractivity contribution is 5.91. The Morgan fingerprint density at radius 2 is 1.93 bits per heavy atom. The van der Waals surface area contributed by atoms with Gasteiger partial charge in [0.2, 0.25) is 5.91 Å². The van der Waals surface area contributed by atoms with Gasteiger partial charge in [-0.1, -0.05) is 0 Å². The minimum absolute atomic E-state index is 0.146. The van der Waals surface area contributed by atoms with Crippen LogP contribution < -0.4 is 20.3 Å². The number of carbonyl (C=O) groups is 1. The number of amides is 1. The Morgan fingerprint density at radius 3 is 2.72 bits per heavy atom. The van der Waals surface area contributed by atoms with Gasteiger partial charge in [0.1, 0.15) is 12.9 Å². The molecule has 8 nitrogen and oxygen atoms in total. The van der Waals surface area contributed by atoms with Crippen molar-refractivity contribution in [2.24, 2.45) is 0 Å². The van der Waals surface area contributed by atoms with Crippen LogP contribution in [0.1, 0.15) is 24.1 Å². The summed E-state index contributed by atoms with van der Waals surface area (Å²) in [7, 11) is 3.07. The van der Waals surface area contributed by atoms with Gasteiger partial charge in [0.05, 0.1) is 19.6 Å². The van der Waals surface area contributed by atoms with Crippen molar-refractivity contribution in [2.75, 3.05) is 19.5 Å². The highest BCUT2D eigenvalue weighted by Gasteiger charge is 2.16. The minimum atomic E-state index is -0.341. The number of pyridine rings is 1. The van der Waals surface area contributed by atoms with Gasteiger partial charge in [0, 0.05) is 17.4 Å². The van der Waals surface area contributed by atoms with E-state index in [1.807, 2.05) is 6.07 Å². The van der Waals surface area contributed by atoms with E-state index in [9.17, 15) is 9.59 Å². The van der Waals surface area contributed by atoms with Gasteiger partial charge in [-0.25, -0.2) is 9.97 Å². The third-order valence-corrected chi connectivity index (χ3v) is 5.07. The van der Waals surface area contributed by atoms with Crippen molar-refractivity contribution in [1.29, 1.82) is 0 Å². The average molecular weight is 394 g/mol. The summed E-state index contributed by atoms with van der Waals surface area (Å²) in [4.78, 5) is 34.2. The van der Waals surface area contributed by atoms with Gasteiger partial charge < -0.3 is 14.8 Å². The maximum Gasteiger partial charge on any atom is 0.263 e. The largest absolute Gasteiger partial charge is 0.493 e. The number of anilines is 1. The monoisotopic (exact) mass is 394 g/mol. The summed E-state index contributed by atoms with van der Waals surface area (Å²) in [6, 6.07) is 6.95. The molecule has 4 rings (SSSR count). The van der Waals surface area contributed by atoms with Gasteiger partial charge in [0.15, 0.2) is 17.1 Å². The highest BCUT2D eigenvalue weighted by atomic mass is 16.5. The molecule has 0 saturated heterocycles. The van der Waals surface area contributed by atoms with Crippen LogP contribution in [0.2, 0.25) is 0 Å². The number of aryl methyl sites for hydroxylation is 2. The molecule has 0 spiro atoms. The molecule has 1 amide bonds. The highest BCUT2D eigenvalue weighted by Crippen LogP contribution is 2.29. The first kappa shape index (κ1) is 18.9. The molecule has 0 radical (unpaired) electrons. The lowest BCUT2D eigenvalue weighted by Gasteiger charge is -2.15. The van der Waals surface area contributed by atoms with E-state index >= 15 is 0 Å². The maximum atomic E-state index is 12.9. The SMILES string of the molecule is COc1ccc(NC(=O)Cn2cnc3nc4c(cc3c2=O)CCCC4)cc1OC. The predicted octanol–water partition coefficient (Wildman–Crippen LogP) is 2.33. The maximum absolute atomic E-state index is 12.9. The van der Waals surface area contributed by atoms with Gasteiger partial charge in [-0.15, -0.1) is 0 Å². The Labute approximate surface area is 167 Å². The van der Waals surface area contributed by atoms with E-state index in [2.05, 4.69) is 15.3 Å². The molecule has 29 heavy (non-hydrogen) atoms. The van der Waals surface area contributed by atoms with Crippen LogP contribution in [-0.4, -0.2) is 34.7 Å². The molecule has 3 aromatic rings. The summed E-state index contributed by atoms with van der Waals surface area (Å²) in [5.41, 5.74) is 2.85. The van der Waals surface area contributed by atoms with E-state index < -0.39 is 0 Å². The van der Waals surface area contributed by atoms with Gasteiger partial charge in [0.25, 0.3) is 5.56 Å². The molecule has 1 N–H and O–H groups in total. The number of carbonyl (C=O) groups excluding carboxylic acids is 1. The van der Waals surface area contributed by atoms with Crippen molar-refractivity contribution in [1.82, 2.24) is 14.5 Å². The Kier molecular flexibility index (Phi) is 5.16. The normalized spacial score (nSPS) is 13.0. The third-order valence-electron chi connectivity index (χ3n) is 5.07. The van der Waals surface area contributed by atoms with Crippen molar-refractivity contribution in [3.63, 3.8) is 0 Å². The van der Waals surface area contributed by atoms with E-state index in [4.69, 9.17) is 9.47 Å². The Bertz CT molecular complexity index is 1140. The lowest BCUT2D eigenvalue weighted by atomic mass is 9.95. The van der Waals surface area contributed by atoms with Crippen LogP contribution in [-0.2, 0) is 24.2 Å². The summed E-state index contributed by atoms with van der Waals surface area (Å²) in [5.74, 6) is 0.730. The van der Waals surface area contributed by atoms with Crippen molar-refractivity contribution in [3.05, 3.63) is 52.2 Å². The van der Waals surface area contributed by atoms with Crippen molar-refractivity contribution < 1.29 is 14.3 Å². The molecule has 0 bridgehead atoms. The Morgan fingerprint density at radius 1 is 1.14 bits per heavy atom. The lowest BCUT2D eigenvalue weighted by Crippen LogP contribution is -2.28. The zero-order valence-corrected chi connectivity index (χ0v) is 16.4. The quantitative estimate of drug-likeness (QED) is 0.714. The lowest BCUT2D eigenvalue weighted by molar-refractivity contribution is -0.116. The molecule has 0 saturated carbocycles. The van der Waals surface area contributed by atoms with Crippen LogP contribution in [0.25, 0.3) is 11.0 Å². The van der Waals surface area contributed by atoms with Gasteiger partial charge in [-0.05, 0) is 49.4 Å². The summed E-state index contributed by atoms with van der Waals surface area (Å²) in [5, 5.41) is 3.22. The first-order chi connectivity index (χ1) is 14.1. The van der Waals surface area contributed by atoms with E-state index in [1.54, 1.807) is 25.3 Å². The van der Waals surface area contributed by atoms with Crippen LogP contribution in [0.4, 0.5) is 5.69 Å². The molecule has 2 heterocycles. The summed E-state index contributed by atoms with van der Waals surface area (Å²) >= 11 is 0. The van der Waals surface area contributed by atoms with Gasteiger partial charge >= 0.3 is 0 Å². The number of ether oxygens (including phenoxy) is 2. The molecule has 0 atom stereocenters. The molecule has 1 aliphatic rings. The standard InChI is InChI=1S/C21H22N4O4/c1-28-17-8-7-14(10-18(17)29-2)23-19(26)11-25-12-22-20-15(21(25)27)9-13-5-3-4-6-16(13)24-20/h7-10,12H,3-6,11H2,1-2H3,(H,23,26). The zero-order chi connectivity index (χ0) is 20.4. The molecular weight excluding hydrogens is 372 g/mol. The molecule has 1 aliphatic carbocycles. The van der Waals surface area contributed by atoms with Crippen molar-refractivity contribution in [2.45, 2.75) is 32.2 Å². The second kappa shape index (κ2) is 7.90. The number of benzene rings is 1. The number of hydrogen-bond donors (Lipinski definition) is 1. The summed E-state index contributed by atoms with van der Waals surface area (Å²) in [6.45, 7) is -0.146. The third kappa shape index (κ3) is 3.78. The van der Waals surface area contributed by atoms with Crippen LogP contribution >= 0.6 is 0 Å². The molecular formula is C21H22N4O4. The molecule has 1 aromatic carbocycles. The van der Waals surface area contributed by atoms with Crippen molar-refractivity contribution in [3.8, 4) is 11.5 Å². The predicted molar refractivity (Wildman–Crippen MR) is 109 cm³/mol. The van der Waals surface area contributed by atoms with E-state index in [0.29, 0.717) is 28.2 Å². The van der Waals surface area contributed by atoms with Crippen molar-refractivity contribution >= 4 is 22.6 Å².